The molecule has 0 amide bonds. The molecule has 24 heavy (non-hydrogen) atoms. The van der Waals surface area contributed by atoms with Crippen molar-refractivity contribution in [3.05, 3.63) is 59.3 Å². The molecule has 1 aromatic heterocycles. The van der Waals surface area contributed by atoms with Gasteiger partial charge in [-0.3, -0.25) is 4.31 Å². The first kappa shape index (κ1) is 16.4. The predicted molar refractivity (Wildman–Crippen MR) is 90.2 cm³/mol. The lowest BCUT2D eigenvalue weighted by atomic mass is 10.2. The van der Waals surface area contributed by atoms with Gasteiger partial charge in [-0.15, -0.1) is 0 Å². The Kier molecular flexibility index (Phi) is 3.98. The summed E-state index contributed by atoms with van der Waals surface area (Å²) in [5.74, 6) is -1.39. The molecule has 0 spiro atoms. The maximum atomic E-state index is 12.7. The van der Waals surface area contributed by atoms with E-state index in [-0.39, 0.29) is 10.7 Å². The minimum atomic E-state index is -3.76. The van der Waals surface area contributed by atoms with Gasteiger partial charge in [-0.1, -0.05) is 11.6 Å². The highest BCUT2D eigenvalue weighted by atomic mass is 35.5. The third-order valence-electron chi connectivity index (χ3n) is 3.55. The van der Waals surface area contributed by atoms with Crippen molar-refractivity contribution in [2.24, 2.45) is 0 Å². The van der Waals surface area contributed by atoms with Crippen molar-refractivity contribution in [1.29, 1.82) is 0 Å². The van der Waals surface area contributed by atoms with E-state index < -0.39 is 16.0 Å². The predicted octanol–water partition coefficient (Wildman–Crippen LogP) is 3.61. The number of carboxylic acids is 1. The molecule has 3 rings (SSSR count). The molecule has 0 saturated heterocycles. The molecule has 3 aromatic rings. The van der Waals surface area contributed by atoms with Crippen LogP contribution in [0.25, 0.3) is 11.0 Å². The maximum Gasteiger partial charge on any atom is 0.371 e. The Morgan fingerprint density at radius 3 is 2.42 bits per heavy atom. The molecular formula is C16H12ClNO5S. The van der Waals surface area contributed by atoms with Crippen molar-refractivity contribution in [2.45, 2.75) is 4.90 Å². The van der Waals surface area contributed by atoms with Gasteiger partial charge in [-0.2, -0.15) is 0 Å². The zero-order chi connectivity index (χ0) is 17.5. The number of rotatable bonds is 4. The molecule has 2 aromatic carbocycles. The van der Waals surface area contributed by atoms with Crippen LogP contribution in [0.15, 0.2) is 57.8 Å². The van der Waals surface area contributed by atoms with E-state index in [1.54, 1.807) is 12.1 Å². The second-order valence-corrected chi connectivity index (χ2v) is 7.47. The molecule has 124 valence electrons. The summed E-state index contributed by atoms with van der Waals surface area (Å²) in [4.78, 5) is 11.1. The lowest BCUT2D eigenvalue weighted by molar-refractivity contribution is 0.0665. The van der Waals surface area contributed by atoms with Gasteiger partial charge in [0.2, 0.25) is 5.76 Å². The van der Waals surface area contributed by atoms with E-state index in [0.29, 0.717) is 21.7 Å². The van der Waals surface area contributed by atoms with Crippen LogP contribution in [0.5, 0.6) is 0 Å². The fraction of sp³-hybridized carbons (Fsp3) is 0.0625. The van der Waals surface area contributed by atoms with Gasteiger partial charge in [0.15, 0.2) is 0 Å². The van der Waals surface area contributed by atoms with Crippen LogP contribution in [-0.4, -0.2) is 26.5 Å². The summed E-state index contributed by atoms with van der Waals surface area (Å²) in [5, 5.41) is 9.90. The molecule has 8 heteroatoms. The highest BCUT2D eigenvalue weighted by Crippen LogP contribution is 2.28. The number of fused-ring (bicyclic) bond motifs is 1. The van der Waals surface area contributed by atoms with E-state index in [1.807, 2.05) is 0 Å². The largest absolute Gasteiger partial charge is 0.475 e. The van der Waals surface area contributed by atoms with Crippen molar-refractivity contribution < 1.29 is 22.7 Å². The van der Waals surface area contributed by atoms with Gasteiger partial charge in [0.25, 0.3) is 10.0 Å². The Morgan fingerprint density at radius 1 is 1.12 bits per heavy atom. The molecule has 0 aliphatic carbocycles. The molecule has 0 aliphatic heterocycles. The maximum absolute atomic E-state index is 12.7. The van der Waals surface area contributed by atoms with Gasteiger partial charge < -0.3 is 9.52 Å². The molecular weight excluding hydrogens is 354 g/mol. The normalized spacial score (nSPS) is 11.6. The number of furan rings is 1. The van der Waals surface area contributed by atoms with Gasteiger partial charge in [-0.05, 0) is 48.5 Å². The zero-order valence-electron chi connectivity index (χ0n) is 12.4. The smallest absolute Gasteiger partial charge is 0.371 e. The van der Waals surface area contributed by atoms with Crippen LogP contribution in [0.1, 0.15) is 10.6 Å². The SMILES string of the molecule is CN(c1ccc2oc(C(=O)O)cc2c1)S(=O)(=O)c1ccc(Cl)cc1. The van der Waals surface area contributed by atoms with Crippen LogP contribution in [0, 0.1) is 0 Å². The summed E-state index contributed by atoms with van der Waals surface area (Å²) in [6.45, 7) is 0. The summed E-state index contributed by atoms with van der Waals surface area (Å²) >= 11 is 5.78. The molecule has 0 atom stereocenters. The second-order valence-electron chi connectivity index (χ2n) is 5.06. The molecule has 0 fully saturated rings. The third kappa shape index (κ3) is 2.83. The molecule has 1 heterocycles. The lowest BCUT2D eigenvalue weighted by Crippen LogP contribution is -2.26. The first-order valence-electron chi connectivity index (χ1n) is 6.80. The topological polar surface area (TPSA) is 87.8 Å². The van der Waals surface area contributed by atoms with Gasteiger partial charge in [0.05, 0.1) is 10.6 Å². The van der Waals surface area contributed by atoms with Crippen molar-refractivity contribution >= 4 is 44.3 Å². The first-order valence-corrected chi connectivity index (χ1v) is 8.62. The minimum Gasteiger partial charge on any atom is -0.475 e. The molecule has 0 radical (unpaired) electrons. The average Bonchev–Trinajstić information content (AvgIpc) is 2.98. The van der Waals surface area contributed by atoms with Gasteiger partial charge in [0, 0.05) is 17.5 Å². The summed E-state index contributed by atoms with van der Waals surface area (Å²) < 4.78 is 31.6. The Morgan fingerprint density at radius 2 is 1.79 bits per heavy atom. The van der Waals surface area contributed by atoms with E-state index in [2.05, 4.69) is 0 Å². The van der Waals surface area contributed by atoms with E-state index in [1.165, 1.54) is 43.4 Å². The summed E-state index contributed by atoms with van der Waals surface area (Å²) in [5.41, 5.74) is 0.753. The number of sulfonamides is 1. The van der Waals surface area contributed by atoms with E-state index in [4.69, 9.17) is 21.1 Å². The Bertz CT molecular complexity index is 1020. The Hall–Kier alpha value is -2.51. The summed E-state index contributed by atoms with van der Waals surface area (Å²) in [6.07, 6.45) is 0. The van der Waals surface area contributed by atoms with Crippen molar-refractivity contribution in [1.82, 2.24) is 0 Å². The number of nitrogens with zero attached hydrogens (tertiary/aromatic N) is 1. The zero-order valence-corrected chi connectivity index (χ0v) is 14.0. The molecule has 0 saturated carbocycles. The molecule has 0 aliphatic rings. The second kappa shape index (κ2) is 5.85. The number of anilines is 1. The van der Waals surface area contributed by atoms with Gasteiger partial charge in [0.1, 0.15) is 5.58 Å². The van der Waals surface area contributed by atoms with Crippen molar-refractivity contribution in [3.63, 3.8) is 0 Å². The fourth-order valence-corrected chi connectivity index (χ4v) is 3.55. The highest BCUT2D eigenvalue weighted by Gasteiger charge is 2.22. The number of carboxylic acid groups (broad SMARTS) is 1. The van der Waals surface area contributed by atoms with E-state index in [9.17, 15) is 13.2 Å². The number of hydrogen-bond acceptors (Lipinski definition) is 4. The Balaban J connectivity index is 2.02. The molecule has 1 N–H and O–H groups in total. The van der Waals surface area contributed by atoms with Gasteiger partial charge >= 0.3 is 5.97 Å². The van der Waals surface area contributed by atoms with Crippen LogP contribution in [0.3, 0.4) is 0 Å². The van der Waals surface area contributed by atoms with Gasteiger partial charge in [-0.25, -0.2) is 13.2 Å². The quantitative estimate of drug-likeness (QED) is 0.763. The van der Waals surface area contributed by atoms with Crippen LogP contribution in [0.4, 0.5) is 5.69 Å². The van der Waals surface area contributed by atoms with Crippen molar-refractivity contribution in [2.75, 3.05) is 11.4 Å². The molecule has 0 unspecified atom stereocenters. The third-order valence-corrected chi connectivity index (χ3v) is 5.60. The molecule has 6 nitrogen and oxygen atoms in total. The van der Waals surface area contributed by atoms with E-state index >= 15 is 0 Å². The van der Waals surface area contributed by atoms with E-state index in [0.717, 1.165) is 4.31 Å². The first-order chi connectivity index (χ1) is 11.3. The number of hydrogen-bond donors (Lipinski definition) is 1. The number of benzene rings is 2. The monoisotopic (exact) mass is 365 g/mol. The van der Waals surface area contributed by atoms with Crippen molar-refractivity contribution in [3.8, 4) is 0 Å². The number of carbonyl (C=O) groups is 1. The lowest BCUT2D eigenvalue weighted by Gasteiger charge is -2.19. The van der Waals surface area contributed by atoms with Crippen LogP contribution in [0.2, 0.25) is 5.02 Å². The highest BCUT2D eigenvalue weighted by molar-refractivity contribution is 7.92. The summed E-state index contributed by atoms with van der Waals surface area (Å²) in [6, 6.07) is 11.8. The Labute approximate surface area is 142 Å². The van der Waals surface area contributed by atoms with Crippen LogP contribution >= 0.6 is 11.6 Å². The molecule has 0 bridgehead atoms. The summed E-state index contributed by atoms with van der Waals surface area (Å²) in [7, 11) is -2.34. The fourth-order valence-electron chi connectivity index (χ4n) is 2.24. The van der Waals surface area contributed by atoms with Crippen LogP contribution < -0.4 is 4.31 Å². The van der Waals surface area contributed by atoms with Crippen LogP contribution in [-0.2, 0) is 10.0 Å². The average molecular weight is 366 g/mol. The minimum absolute atomic E-state index is 0.105. The number of halogens is 1. The standard InChI is InChI=1S/C16H12ClNO5S/c1-18(24(21,22)13-5-2-11(17)3-6-13)12-4-7-14-10(8-12)9-15(23-14)16(19)20/h2-9H,1H3,(H,19,20). The number of aromatic carboxylic acids is 1.